The highest BCUT2D eigenvalue weighted by Gasteiger charge is 2.22. The molecule has 2 fully saturated rings. The monoisotopic (exact) mass is 493 g/mol. The lowest BCUT2D eigenvalue weighted by Gasteiger charge is -2.35. The maximum absolute atomic E-state index is 4.84. The van der Waals surface area contributed by atoms with Crippen molar-refractivity contribution in [3.63, 3.8) is 0 Å². The molecule has 2 saturated heterocycles. The minimum absolute atomic E-state index is 0. The van der Waals surface area contributed by atoms with E-state index < -0.39 is 0 Å². The number of guanidine groups is 1. The maximum atomic E-state index is 4.84. The SMILES string of the molecule is CCNC(=NCCCN1CC(C)CC(C)C1)NC1CCN(C(C)C)CC1.I. The van der Waals surface area contributed by atoms with E-state index in [-0.39, 0.29) is 24.0 Å². The van der Waals surface area contributed by atoms with E-state index >= 15 is 0 Å². The lowest BCUT2D eigenvalue weighted by Crippen LogP contribution is -2.49. The van der Waals surface area contributed by atoms with Gasteiger partial charge in [-0.25, -0.2) is 0 Å². The van der Waals surface area contributed by atoms with Crippen LogP contribution in [-0.2, 0) is 0 Å². The van der Waals surface area contributed by atoms with Gasteiger partial charge in [-0.05, 0) is 64.8 Å². The van der Waals surface area contributed by atoms with Crippen LogP contribution in [0.3, 0.4) is 0 Å². The van der Waals surface area contributed by atoms with Gasteiger partial charge in [0.1, 0.15) is 0 Å². The highest BCUT2D eigenvalue weighted by molar-refractivity contribution is 14.0. The van der Waals surface area contributed by atoms with Gasteiger partial charge in [-0.3, -0.25) is 4.99 Å². The molecular formula is C21H44IN5. The van der Waals surface area contributed by atoms with Gasteiger partial charge < -0.3 is 20.4 Å². The summed E-state index contributed by atoms with van der Waals surface area (Å²) in [4.78, 5) is 10.0. The molecule has 0 radical (unpaired) electrons. The molecule has 0 saturated carbocycles. The highest BCUT2D eigenvalue weighted by Crippen LogP contribution is 2.20. The Bertz CT molecular complexity index is 411. The van der Waals surface area contributed by atoms with E-state index in [0.29, 0.717) is 12.1 Å². The van der Waals surface area contributed by atoms with E-state index in [1.165, 1.54) is 52.0 Å². The van der Waals surface area contributed by atoms with Crippen LogP contribution in [0.25, 0.3) is 0 Å². The molecule has 6 heteroatoms. The molecule has 0 aromatic carbocycles. The summed E-state index contributed by atoms with van der Waals surface area (Å²) in [7, 11) is 0. The van der Waals surface area contributed by atoms with E-state index in [0.717, 1.165) is 37.3 Å². The van der Waals surface area contributed by atoms with Crippen LogP contribution in [0.2, 0.25) is 0 Å². The number of hydrogen-bond acceptors (Lipinski definition) is 3. The van der Waals surface area contributed by atoms with Gasteiger partial charge in [-0.2, -0.15) is 0 Å². The second-order valence-corrected chi connectivity index (χ2v) is 8.87. The Morgan fingerprint density at radius 1 is 1.11 bits per heavy atom. The van der Waals surface area contributed by atoms with Gasteiger partial charge in [-0.15, -0.1) is 24.0 Å². The molecule has 2 heterocycles. The number of nitrogens with zero attached hydrogens (tertiary/aromatic N) is 3. The molecule has 5 nitrogen and oxygen atoms in total. The fourth-order valence-electron chi connectivity index (χ4n) is 4.53. The number of nitrogens with one attached hydrogen (secondary N) is 2. The van der Waals surface area contributed by atoms with Crippen LogP contribution in [-0.4, -0.2) is 73.7 Å². The number of piperidine rings is 2. The van der Waals surface area contributed by atoms with Crippen molar-refractivity contribution < 1.29 is 0 Å². The Labute approximate surface area is 185 Å². The first-order valence-electron chi connectivity index (χ1n) is 11.0. The minimum Gasteiger partial charge on any atom is -0.357 e. The van der Waals surface area contributed by atoms with E-state index in [9.17, 15) is 0 Å². The van der Waals surface area contributed by atoms with Gasteiger partial charge >= 0.3 is 0 Å². The molecule has 0 bridgehead atoms. The Balaban J connectivity index is 0.00000364. The largest absolute Gasteiger partial charge is 0.357 e. The van der Waals surface area contributed by atoms with E-state index in [2.05, 4.69) is 55.1 Å². The van der Waals surface area contributed by atoms with Crippen LogP contribution in [0.4, 0.5) is 0 Å². The minimum atomic E-state index is 0. The van der Waals surface area contributed by atoms with Crippen molar-refractivity contribution in [3.8, 4) is 0 Å². The van der Waals surface area contributed by atoms with Gasteiger partial charge in [0, 0.05) is 51.4 Å². The fourth-order valence-corrected chi connectivity index (χ4v) is 4.53. The number of rotatable bonds is 7. The molecule has 0 aromatic heterocycles. The van der Waals surface area contributed by atoms with Crippen molar-refractivity contribution in [1.82, 2.24) is 20.4 Å². The summed E-state index contributed by atoms with van der Waals surface area (Å²) in [6.45, 7) is 19.5. The Hall–Kier alpha value is -0.0800. The average Bonchev–Trinajstić information content (AvgIpc) is 2.58. The zero-order valence-corrected chi connectivity index (χ0v) is 20.7. The summed E-state index contributed by atoms with van der Waals surface area (Å²) < 4.78 is 0. The predicted molar refractivity (Wildman–Crippen MR) is 128 cm³/mol. The Morgan fingerprint density at radius 2 is 1.74 bits per heavy atom. The van der Waals surface area contributed by atoms with Gasteiger partial charge in [0.15, 0.2) is 5.96 Å². The summed E-state index contributed by atoms with van der Waals surface area (Å²) in [6, 6.07) is 1.23. The first-order chi connectivity index (χ1) is 12.5. The fraction of sp³-hybridized carbons (Fsp3) is 0.952. The van der Waals surface area contributed by atoms with Crippen molar-refractivity contribution >= 4 is 29.9 Å². The van der Waals surface area contributed by atoms with Crippen molar-refractivity contribution in [1.29, 1.82) is 0 Å². The predicted octanol–water partition coefficient (Wildman–Crippen LogP) is 3.40. The van der Waals surface area contributed by atoms with Gasteiger partial charge in [0.25, 0.3) is 0 Å². The Morgan fingerprint density at radius 3 is 2.30 bits per heavy atom. The summed E-state index contributed by atoms with van der Waals surface area (Å²) in [5, 5.41) is 7.10. The smallest absolute Gasteiger partial charge is 0.191 e. The maximum Gasteiger partial charge on any atom is 0.191 e. The van der Waals surface area contributed by atoms with Crippen LogP contribution in [0.15, 0.2) is 4.99 Å². The van der Waals surface area contributed by atoms with E-state index in [1.54, 1.807) is 0 Å². The highest BCUT2D eigenvalue weighted by atomic mass is 127. The van der Waals surface area contributed by atoms with E-state index in [1.807, 2.05) is 0 Å². The molecule has 2 aliphatic rings. The first-order valence-corrected chi connectivity index (χ1v) is 11.0. The third-order valence-electron chi connectivity index (χ3n) is 5.79. The molecule has 160 valence electrons. The van der Waals surface area contributed by atoms with Gasteiger partial charge in [0.2, 0.25) is 0 Å². The number of hydrogen-bond donors (Lipinski definition) is 2. The molecule has 0 spiro atoms. The molecule has 27 heavy (non-hydrogen) atoms. The number of halogens is 1. The molecule has 2 rings (SSSR count). The normalized spacial score (nSPS) is 26.1. The van der Waals surface area contributed by atoms with Crippen LogP contribution in [0.5, 0.6) is 0 Å². The van der Waals surface area contributed by atoms with Gasteiger partial charge in [0.05, 0.1) is 0 Å². The van der Waals surface area contributed by atoms with Crippen LogP contribution >= 0.6 is 24.0 Å². The third-order valence-corrected chi connectivity index (χ3v) is 5.79. The molecule has 0 amide bonds. The third kappa shape index (κ3) is 9.31. The second-order valence-electron chi connectivity index (χ2n) is 8.87. The second kappa shape index (κ2) is 13.2. The Kier molecular flexibility index (Phi) is 12.2. The van der Waals surface area contributed by atoms with Crippen molar-refractivity contribution in [2.45, 2.75) is 72.4 Å². The lowest BCUT2D eigenvalue weighted by molar-refractivity contribution is 0.140. The molecule has 0 aromatic rings. The molecule has 2 atom stereocenters. The first kappa shape index (κ1) is 25.0. The standard InChI is InChI=1S/C21H43N5.HI/c1-6-22-21(24-20-8-12-26(13-9-20)17(2)3)23-10-7-11-25-15-18(4)14-19(5)16-25;/h17-20H,6-16H2,1-5H3,(H2,22,23,24);1H. The van der Waals surface area contributed by atoms with Crippen molar-refractivity contribution in [2.24, 2.45) is 16.8 Å². The molecule has 2 unspecified atom stereocenters. The van der Waals surface area contributed by atoms with E-state index in [4.69, 9.17) is 4.99 Å². The van der Waals surface area contributed by atoms with Crippen molar-refractivity contribution in [3.05, 3.63) is 0 Å². The molecule has 2 N–H and O–H groups in total. The summed E-state index contributed by atoms with van der Waals surface area (Å²) in [6.07, 6.45) is 4.97. The molecule has 0 aliphatic carbocycles. The quantitative estimate of drug-likeness (QED) is 0.247. The van der Waals surface area contributed by atoms with Gasteiger partial charge in [-0.1, -0.05) is 13.8 Å². The van der Waals surface area contributed by atoms with Crippen LogP contribution < -0.4 is 10.6 Å². The average molecular weight is 494 g/mol. The topological polar surface area (TPSA) is 42.9 Å². The number of aliphatic imine (C=N–C) groups is 1. The van der Waals surface area contributed by atoms with Crippen LogP contribution in [0.1, 0.15) is 60.3 Å². The summed E-state index contributed by atoms with van der Waals surface area (Å²) in [5.41, 5.74) is 0. The van der Waals surface area contributed by atoms with Crippen molar-refractivity contribution in [2.75, 3.05) is 45.8 Å². The number of likely N-dealkylation sites (tertiary alicyclic amines) is 2. The lowest BCUT2D eigenvalue weighted by atomic mass is 9.92. The molecular weight excluding hydrogens is 449 g/mol. The zero-order valence-electron chi connectivity index (χ0n) is 18.3. The molecule has 2 aliphatic heterocycles. The van der Waals surface area contributed by atoms with Crippen LogP contribution in [0, 0.1) is 11.8 Å². The zero-order chi connectivity index (χ0) is 18.9. The summed E-state index contributed by atoms with van der Waals surface area (Å²) >= 11 is 0. The summed E-state index contributed by atoms with van der Waals surface area (Å²) in [5.74, 6) is 2.70.